The van der Waals surface area contributed by atoms with Crippen molar-refractivity contribution in [2.45, 2.75) is 32.2 Å². The standard InChI is InChI=1S/C10H16ClN5/c1-2-3-6-4-8(6)14-9-7(11)5-13-10(15-9)16-12/h5-6,8H,2-4,12H2,1H3,(H2,13,14,15,16). The predicted octanol–water partition coefficient (Wildman–Crippen LogP) is 2.02. The third kappa shape index (κ3) is 2.54. The summed E-state index contributed by atoms with van der Waals surface area (Å²) in [6, 6.07) is 0.498. The van der Waals surface area contributed by atoms with Crippen LogP contribution in [0.5, 0.6) is 0 Å². The Hall–Kier alpha value is -1.07. The van der Waals surface area contributed by atoms with E-state index in [0.717, 1.165) is 5.92 Å². The van der Waals surface area contributed by atoms with Crippen LogP contribution in [-0.4, -0.2) is 16.0 Å². The number of hydrogen-bond acceptors (Lipinski definition) is 5. The van der Waals surface area contributed by atoms with Crippen molar-refractivity contribution >= 4 is 23.4 Å². The van der Waals surface area contributed by atoms with Gasteiger partial charge in [-0.15, -0.1) is 0 Å². The van der Waals surface area contributed by atoms with Crippen LogP contribution in [0.3, 0.4) is 0 Å². The number of nitrogens with one attached hydrogen (secondary N) is 2. The molecule has 1 aromatic rings. The molecule has 1 fully saturated rings. The number of nitrogen functional groups attached to an aromatic ring is 1. The van der Waals surface area contributed by atoms with Crippen LogP contribution in [-0.2, 0) is 0 Å². The first-order valence-electron chi connectivity index (χ1n) is 5.50. The molecule has 1 aliphatic rings. The van der Waals surface area contributed by atoms with Gasteiger partial charge in [0.25, 0.3) is 0 Å². The zero-order valence-corrected chi connectivity index (χ0v) is 9.96. The van der Waals surface area contributed by atoms with E-state index in [0.29, 0.717) is 22.8 Å². The van der Waals surface area contributed by atoms with Crippen LogP contribution in [0.4, 0.5) is 11.8 Å². The molecule has 5 nitrogen and oxygen atoms in total. The fraction of sp³-hybridized carbons (Fsp3) is 0.600. The average Bonchev–Trinajstić information content (AvgIpc) is 3.00. The van der Waals surface area contributed by atoms with Gasteiger partial charge in [-0.3, -0.25) is 5.43 Å². The topological polar surface area (TPSA) is 75.9 Å². The molecule has 2 rings (SSSR count). The summed E-state index contributed by atoms with van der Waals surface area (Å²) >= 11 is 5.99. The molecule has 0 saturated heterocycles. The van der Waals surface area contributed by atoms with Crippen LogP contribution >= 0.6 is 11.6 Å². The highest BCUT2D eigenvalue weighted by Crippen LogP contribution is 2.38. The molecule has 1 saturated carbocycles. The van der Waals surface area contributed by atoms with Gasteiger partial charge in [-0.25, -0.2) is 10.8 Å². The normalized spacial score (nSPS) is 22.9. The highest BCUT2D eigenvalue weighted by molar-refractivity contribution is 6.32. The highest BCUT2D eigenvalue weighted by atomic mass is 35.5. The Morgan fingerprint density at radius 2 is 2.44 bits per heavy atom. The second-order valence-electron chi connectivity index (χ2n) is 4.07. The molecule has 2 atom stereocenters. The summed E-state index contributed by atoms with van der Waals surface area (Å²) in [5.41, 5.74) is 2.40. The van der Waals surface area contributed by atoms with Gasteiger partial charge in [-0.05, 0) is 18.8 Å². The lowest BCUT2D eigenvalue weighted by molar-refractivity contribution is 0.692. The minimum Gasteiger partial charge on any atom is -0.366 e. The smallest absolute Gasteiger partial charge is 0.239 e. The summed E-state index contributed by atoms with van der Waals surface area (Å²) < 4.78 is 0. The van der Waals surface area contributed by atoms with Crippen molar-refractivity contribution in [3.8, 4) is 0 Å². The van der Waals surface area contributed by atoms with Crippen LogP contribution in [0.1, 0.15) is 26.2 Å². The van der Waals surface area contributed by atoms with Gasteiger partial charge in [0.2, 0.25) is 5.95 Å². The molecule has 16 heavy (non-hydrogen) atoms. The zero-order chi connectivity index (χ0) is 11.5. The van der Waals surface area contributed by atoms with Gasteiger partial charge >= 0.3 is 0 Å². The molecule has 0 spiro atoms. The molecule has 1 heterocycles. The maximum Gasteiger partial charge on any atom is 0.239 e. The number of hydrazine groups is 1. The molecule has 0 aliphatic heterocycles. The molecule has 1 aliphatic carbocycles. The second kappa shape index (κ2) is 4.84. The fourth-order valence-corrected chi connectivity index (χ4v) is 1.97. The summed E-state index contributed by atoms with van der Waals surface area (Å²) in [5, 5.41) is 3.84. The predicted molar refractivity (Wildman–Crippen MR) is 65.3 cm³/mol. The van der Waals surface area contributed by atoms with E-state index in [4.69, 9.17) is 17.4 Å². The van der Waals surface area contributed by atoms with Crippen molar-refractivity contribution in [1.29, 1.82) is 0 Å². The van der Waals surface area contributed by atoms with Gasteiger partial charge < -0.3 is 5.32 Å². The number of aromatic nitrogens is 2. The Morgan fingerprint density at radius 3 is 3.12 bits per heavy atom. The van der Waals surface area contributed by atoms with Gasteiger partial charge in [0, 0.05) is 6.04 Å². The Morgan fingerprint density at radius 1 is 1.62 bits per heavy atom. The minimum absolute atomic E-state index is 0.375. The zero-order valence-electron chi connectivity index (χ0n) is 9.20. The van der Waals surface area contributed by atoms with E-state index in [1.165, 1.54) is 19.3 Å². The van der Waals surface area contributed by atoms with E-state index < -0.39 is 0 Å². The molecule has 0 bridgehead atoms. The van der Waals surface area contributed by atoms with Crippen LogP contribution in [0, 0.1) is 5.92 Å². The molecule has 0 radical (unpaired) electrons. The summed E-state index contributed by atoms with van der Waals surface area (Å²) in [6.07, 6.45) is 5.21. The quantitative estimate of drug-likeness (QED) is 0.543. The lowest BCUT2D eigenvalue weighted by Gasteiger charge is -2.07. The van der Waals surface area contributed by atoms with Crippen molar-refractivity contribution in [3.05, 3.63) is 11.2 Å². The first-order chi connectivity index (χ1) is 7.74. The Kier molecular flexibility index (Phi) is 3.46. The molecule has 6 heteroatoms. The van der Waals surface area contributed by atoms with Crippen LogP contribution in [0.25, 0.3) is 0 Å². The molecule has 0 amide bonds. The van der Waals surface area contributed by atoms with Gasteiger partial charge in [0.1, 0.15) is 5.02 Å². The first kappa shape index (κ1) is 11.4. The fourth-order valence-electron chi connectivity index (χ4n) is 1.83. The van der Waals surface area contributed by atoms with Gasteiger partial charge in [-0.1, -0.05) is 24.9 Å². The SMILES string of the molecule is CCCC1CC1Nc1nc(NN)ncc1Cl. The van der Waals surface area contributed by atoms with Crippen LogP contribution in [0.2, 0.25) is 5.02 Å². The number of hydrogen-bond donors (Lipinski definition) is 3. The third-order valence-corrected chi connectivity index (χ3v) is 3.05. The van der Waals surface area contributed by atoms with Crippen molar-refractivity contribution in [1.82, 2.24) is 9.97 Å². The Labute approximate surface area is 99.8 Å². The number of rotatable bonds is 5. The molecule has 2 unspecified atom stereocenters. The summed E-state index contributed by atoms with van der Waals surface area (Å²) in [4.78, 5) is 8.10. The minimum atomic E-state index is 0.375. The monoisotopic (exact) mass is 241 g/mol. The van der Waals surface area contributed by atoms with Crippen molar-refractivity contribution < 1.29 is 0 Å². The van der Waals surface area contributed by atoms with Crippen molar-refractivity contribution in [2.24, 2.45) is 11.8 Å². The van der Waals surface area contributed by atoms with E-state index in [2.05, 4.69) is 27.6 Å². The second-order valence-corrected chi connectivity index (χ2v) is 4.48. The summed E-state index contributed by atoms with van der Waals surface area (Å²) in [7, 11) is 0. The summed E-state index contributed by atoms with van der Waals surface area (Å²) in [6.45, 7) is 2.20. The van der Waals surface area contributed by atoms with E-state index in [-0.39, 0.29) is 0 Å². The van der Waals surface area contributed by atoms with Gasteiger partial charge in [0.15, 0.2) is 5.82 Å². The van der Waals surface area contributed by atoms with Gasteiger partial charge in [-0.2, -0.15) is 4.98 Å². The van der Waals surface area contributed by atoms with Crippen LogP contribution < -0.4 is 16.6 Å². The van der Waals surface area contributed by atoms with E-state index in [1.54, 1.807) is 6.20 Å². The average molecular weight is 242 g/mol. The number of anilines is 2. The molecular weight excluding hydrogens is 226 g/mol. The van der Waals surface area contributed by atoms with E-state index >= 15 is 0 Å². The van der Waals surface area contributed by atoms with E-state index in [1.807, 2.05) is 0 Å². The maximum absolute atomic E-state index is 5.99. The molecule has 4 N–H and O–H groups in total. The maximum atomic E-state index is 5.99. The Bertz CT molecular complexity index is 370. The lowest BCUT2D eigenvalue weighted by atomic mass is 10.2. The number of nitrogens with zero attached hydrogens (tertiary/aromatic N) is 2. The molecule has 88 valence electrons. The number of nitrogens with two attached hydrogens (primary N) is 1. The molecule has 0 aromatic carbocycles. The molecular formula is C10H16ClN5. The Balaban J connectivity index is 1.99. The van der Waals surface area contributed by atoms with Crippen molar-refractivity contribution in [2.75, 3.05) is 10.7 Å². The third-order valence-electron chi connectivity index (χ3n) is 2.78. The lowest BCUT2D eigenvalue weighted by Crippen LogP contribution is -2.13. The largest absolute Gasteiger partial charge is 0.366 e. The first-order valence-corrected chi connectivity index (χ1v) is 5.88. The van der Waals surface area contributed by atoms with E-state index in [9.17, 15) is 0 Å². The van der Waals surface area contributed by atoms with Crippen molar-refractivity contribution in [3.63, 3.8) is 0 Å². The summed E-state index contributed by atoms with van der Waals surface area (Å²) in [5.74, 6) is 7.03. The number of halogens is 1. The van der Waals surface area contributed by atoms with Crippen LogP contribution in [0.15, 0.2) is 6.20 Å². The van der Waals surface area contributed by atoms with Gasteiger partial charge in [0.05, 0.1) is 6.20 Å². The molecule has 1 aromatic heterocycles. The highest BCUT2D eigenvalue weighted by Gasteiger charge is 2.36.